The molecule has 1 fully saturated rings. The summed E-state index contributed by atoms with van der Waals surface area (Å²) in [5.74, 6) is -0.719. The molecule has 132 valence electrons. The van der Waals surface area contributed by atoms with Gasteiger partial charge in [0.05, 0.1) is 5.56 Å². The number of aromatic nitrogens is 2. The first-order valence-electron chi connectivity index (χ1n) is 7.80. The maximum atomic E-state index is 13.3. The Balaban J connectivity index is 1.86. The minimum atomic E-state index is -4.49. The van der Waals surface area contributed by atoms with Gasteiger partial charge in [-0.05, 0) is 42.7 Å². The van der Waals surface area contributed by atoms with E-state index in [0.29, 0.717) is 19.4 Å². The van der Waals surface area contributed by atoms with E-state index in [4.69, 9.17) is 11.6 Å². The highest BCUT2D eigenvalue weighted by molar-refractivity contribution is 6.30. The van der Waals surface area contributed by atoms with Gasteiger partial charge >= 0.3 is 6.18 Å². The van der Waals surface area contributed by atoms with Crippen LogP contribution in [-0.2, 0) is 6.18 Å². The topological polar surface area (TPSA) is 46.1 Å². The summed E-state index contributed by atoms with van der Waals surface area (Å²) in [5, 5.41) is 7.50. The normalized spacial score (nSPS) is 18.2. The van der Waals surface area contributed by atoms with E-state index in [1.54, 1.807) is 12.1 Å². The molecule has 8 heteroatoms. The van der Waals surface area contributed by atoms with Crippen molar-refractivity contribution in [1.82, 2.24) is 15.1 Å². The van der Waals surface area contributed by atoms with E-state index < -0.39 is 17.7 Å². The predicted molar refractivity (Wildman–Crippen MR) is 86.4 cm³/mol. The van der Waals surface area contributed by atoms with E-state index in [-0.39, 0.29) is 28.7 Å². The van der Waals surface area contributed by atoms with Crippen LogP contribution in [0.5, 0.6) is 0 Å². The van der Waals surface area contributed by atoms with Gasteiger partial charge in [0.25, 0.3) is 5.91 Å². The summed E-state index contributed by atoms with van der Waals surface area (Å²) >= 11 is 5.74. The van der Waals surface area contributed by atoms with E-state index in [2.05, 4.69) is 10.2 Å². The van der Waals surface area contributed by atoms with Crippen LogP contribution in [-0.4, -0.2) is 34.1 Å². The number of carbonyl (C=O) groups excluding carboxylic acids is 1. The third-order valence-electron chi connectivity index (χ3n) is 4.26. The molecule has 1 amide bonds. The molecule has 4 nitrogen and oxygen atoms in total. The predicted octanol–water partition coefficient (Wildman–Crippen LogP) is 4.17. The number of hydrogen-bond donors (Lipinski definition) is 0. The summed E-state index contributed by atoms with van der Waals surface area (Å²) in [6.45, 7) is 0.695. The molecule has 2 heterocycles. The Bertz CT molecular complexity index is 767. The average molecular weight is 370 g/mol. The molecule has 1 aliphatic rings. The maximum absolute atomic E-state index is 13.3. The highest BCUT2D eigenvalue weighted by atomic mass is 35.5. The van der Waals surface area contributed by atoms with Crippen molar-refractivity contribution >= 4 is 17.5 Å². The number of alkyl halides is 3. The second kappa shape index (κ2) is 7.00. The lowest BCUT2D eigenvalue weighted by Gasteiger charge is -2.34. The molecule has 3 rings (SSSR count). The maximum Gasteiger partial charge on any atom is 0.416 e. The van der Waals surface area contributed by atoms with Gasteiger partial charge in [-0.3, -0.25) is 4.79 Å². The van der Waals surface area contributed by atoms with Crippen LogP contribution in [0.4, 0.5) is 13.2 Å². The van der Waals surface area contributed by atoms with Crippen molar-refractivity contribution in [2.45, 2.75) is 24.9 Å². The van der Waals surface area contributed by atoms with Gasteiger partial charge in [0, 0.05) is 30.2 Å². The van der Waals surface area contributed by atoms with Crippen LogP contribution in [0.1, 0.15) is 40.4 Å². The first kappa shape index (κ1) is 17.7. The molecule has 1 saturated heterocycles. The number of hydrogen-bond acceptors (Lipinski definition) is 3. The summed E-state index contributed by atoms with van der Waals surface area (Å²) in [5.41, 5.74) is -0.373. The van der Waals surface area contributed by atoms with Crippen LogP contribution in [0.2, 0.25) is 5.02 Å². The highest BCUT2D eigenvalue weighted by Crippen LogP contribution is 2.39. The van der Waals surface area contributed by atoms with Crippen molar-refractivity contribution in [3.8, 4) is 0 Å². The molecule has 0 saturated carbocycles. The number of halogens is 4. The zero-order valence-electron chi connectivity index (χ0n) is 13.1. The molecule has 0 aliphatic carbocycles. The fourth-order valence-corrected chi connectivity index (χ4v) is 3.30. The van der Waals surface area contributed by atoms with Crippen LogP contribution in [0.3, 0.4) is 0 Å². The van der Waals surface area contributed by atoms with Gasteiger partial charge in [-0.25, -0.2) is 0 Å². The second-order valence-corrected chi connectivity index (χ2v) is 6.36. The SMILES string of the molecule is O=C(c1cccnn1)N1CCCC(c2ccc(Cl)cc2C(F)(F)F)C1. The number of nitrogens with zero attached hydrogens (tertiary/aromatic N) is 3. The van der Waals surface area contributed by atoms with Crippen molar-refractivity contribution in [2.75, 3.05) is 13.1 Å². The smallest absolute Gasteiger partial charge is 0.337 e. The molecular weight excluding hydrogens is 355 g/mol. The van der Waals surface area contributed by atoms with Crippen LogP contribution in [0.15, 0.2) is 36.5 Å². The van der Waals surface area contributed by atoms with Crippen molar-refractivity contribution < 1.29 is 18.0 Å². The first-order chi connectivity index (χ1) is 11.9. The number of benzene rings is 1. The lowest BCUT2D eigenvalue weighted by Crippen LogP contribution is -2.40. The van der Waals surface area contributed by atoms with E-state index in [0.717, 1.165) is 6.07 Å². The molecule has 1 aliphatic heterocycles. The van der Waals surface area contributed by atoms with E-state index in [9.17, 15) is 18.0 Å². The zero-order valence-corrected chi connectivity index (χ0v) is 13.9. The highest BCUT2D eigenvalue weighted by Gasteiger charge is 2.37. The third-order valence-corrected chi connectivity index (χ3v) is 4.50. The molecule has 0 radical (unpaired) electrons. The Morgan fingerprint density at radius 1 is 1.28 bits per heavy atom. The third kappa shape index (κ3) is 3.92. The Morgan fingerprint density at radius 2 is 2.08 bits per heavy atom. The number of piperidine rings is 1. The summed E-state index contributed by atoms with van der Waals surface area (Å²) in [6.07, 6.45) is -1.83. The van der Waals surface area contributed by atoms with E-state index >= 15 is 0 Å². The molecule has 0 N–H and O–H groups in total. The molecule has 2 aromatic rings. The lowest BCUT2D eigenvalue weighted by atomic mass is 9.87. The van der Waals surface area contributed by atoms with E-state index in [1.807, 2.05) is 0 Å². The van der Waals surface area contributed by atoms with Crippen molar-refractivity contribution in [2.24, 2.45) is 0 Å². The summed E-state index contributed by atoms with van der Waals surface area (Å²) in [4.78, 5) is 14.0. The van der Waals surface area contributed by atoms with Crippen molar-refractivity contribution in [3.63, 3.8) is 0 Å². The van der Waals surface area contributed by atoms with Gasteiger partial charge < -0.3 is 4.90 Å². The summed E-state index contributed by atoms with van der Waals surface area (Å²) in [6, 6.07) is 6.95. The number of amides is 1. The molecule has 0 bridgehead atoms. The van der Waals surface area contributed by atoms with Crippen molar-refractivity contribution in [1.29, 1.82) is 0 Å². The summed E-state index contributed by atoms with van der Waals surface area (Å²) < 4.78 is 40.0. The van der Waals surface area contributed by atoms with Gasteiger partial charge in [0.1, 0.15) is 0 Å². The van der Waals surface area contributed by atoms with Crippen LogP contribution < -0.4 is 0 Å². The molecule has 25 heavy (non-hydrogen) atoms. The summed E-state index contributed by atoms with van der Waals surface area (Å²) in [7, 11) is 0. The molecule has 1 unspecified atom stereocenters. The molecule has 1 aromatic heterocycles. The Morgan fingerprint density at radius 3 is 2.76 bits per heavy atom. The largest absolute Gasteiger partial charge is 0.416 e. The van der Waals surface area contributed by atoms with Crippen molar-refractivity contribution in [3.05, 3.63) is 58.4 Å². The quantitative estimate of drug-likeness (QED) is 0.798. The zero-order chi connectivity index (χ0) is 18.0. The standard InChI is InChI=1S/C17H15ClF3N3O/c18-12-5-6-13(14(9-12)17(19,20)21)11-3-2-8-24(10-11)16(25)15-4-1-7-22-23-15/h1,4-7,9,11H,2-3,8,10H2. The first-order valence-corrected chi connectivity index (χ1v) is 8.17. The lowest BCUT2D eigenvalue weighted by molar-refractivity contribution is -0.138. The minimum absolute atomic E-state index is 0.0411. The Kier molecular flexibility index (Phi) is 4.94. The van der Waals surface area contributed by atoms with Crippen LogP contribution in [0, 0.1) is 0 Å². The van der Waals surface area contributed by atoms with Crippen LogP contribution in [0.25, 0.3) is 0 Å². The second-order valence-electron chi connectivity index (χ2n) is 5.93. The molecule has 1 aromatic carbocycles. The fraction of sp³-hybridized carbons (Fsp3) is 0.353. The number of rotatable bonds is 2. The fourth-order valence-electron chi connectivity index (χ4n) is 3.12. The number of likely N-dealkylation sites (tertiary alicyclic amines) is 1. The molecule has 1 atom stereocenters. The van der Waals surface area contributed by atoms with Gasteiger partial charge in [-0.15, -0.1) is 5.10 Å². The number of carbonyl (C=O) groups is 1. The van der Waals surface area contributed by atoms with Crippen LogP contribution >= 0.6 is 11.6 Å². The Hall–Kier alpha value is -2.15. The minimum Gasteiger partial charge on any atom is -0.337 e. The van der Waals surface area contributed by atoms with E-state index in [1.165, 1.54) is 23.2 Å². The monoisotopic (exact) mass is 369 g/mol. The molecular formula is C17H15ClF3N3O. The van der Waals surface area contributed by atoms with Gasteiger partial charge in [0.2, 0.25) is 0 Å². The van der Waals surface area contributed by atoms with Gasteiger partial charge in [-0.1, -0.05) is 17.7 Å². The average Bonchev–Trinajstić information content (AvgIpc) is 2.61. The Labute approximate surface area is 147 Å². The molecule has 0 spiro atoms. The van der Waals surface area contributed by atoms with Gasteiger partial charge in [-0.2, -0.15) is 18.3 Å². The van der Waals surface area contributed by atoms with Gasteiger partial charge in [0.15, 0.2) is 5.69 Å².